The molecule has 2 aromatic heterocycles. The molecule has 3 heteroatoms. The van der Waals surface area contributed by atoms with Crippen LogP contribution in [0.1, 0.15) is 34.8 Å². The van der Waals surface area contributed by atoms with Crippen molar-refractivity contribution in [2.75, 3.05) is 5.43 Å². The Bertz CT molecular complexity index is 462. The number of nitrogens with one attached hydrogen (secondary N) is 1. The Hall–Kier alpha value is -1.22. The maximum Gasteiger partial charge on any atom is 0.0740 e. The van der Waals surface area contributed by atoms with Crippen LogP contribution in [0.4, 0.5) is 0 Å². The molecule has 2 nitrogen and oxygen atoms in total. The Morgan fingerprint density at radius 1 is 1.12 bits per heavy atom. The van der Waals surface area contributed by atoms with Crippen LogP contribution in [0, 0.1) is 20.8 Å². The predicted octanol–water partition coefficient (Wildman–Crippen LogP) is 3.78. The van der Waals surface area contributed by atoms with Gasteiger partial charge in [0, 0.05) is 16.3 Å². The Morgan fingerprint density at radius 2 is 1.75 bits per heavy atom. The summed E-state index contributed by atoms with van der Waals surface area (Å²) in [5, 5.41) is 2.15. The van der Waals surface area contributed by atoms with Gasteiger partial charge in [0.15, 0.2) is 0 Å². The normalized spacial score (nSPS) is 12.8. The molecule has 16 heavy (non-hydrogen) atoms. The van der Waals surface area contributed by atoms with E-state index in [9.17, 15) is 0 Å². The number of hydrogen-bond acceptors (Lipinski definition) is 2. The molecule has 0 fully saturated rings. The molecule has 2 rings (SSSR count). The van der Waals surface area contributed by atoms with E-state index in [0.717, 1.165) is 0 Å². The molecule has 0 aromatic carbocycles. The van der Waals surface area contributed by atoms with Crippen LogP contribution >= 0.6 is 11.3 Å². The summed E-state index contributed by atoms with van der Waals surface area (Å²) in [4.78, 5) is 1.41. The molecule has 0 saturated heterocycles. The van der Waals surface area contributed by atoms with Crippen LogP contribution in [0.5, 0.6) is 0 Å². The van der Waals surface area contributed by atoms with Crippen LogP contribution in [0.15, 0.2) is 23.6 Å². The highest BCUT2D eigenvalue weighted by Gasteiger charge is 2.11. The molecule has 2 aromatic rings. The highest BCUT2D eigenvalue weighted by atomic mass is 32.1. The Labute approximate surface area is 101 Å². The van der Waals surface area contributed by atoms with Crippen molar-refractivity contribution in [2.45, 2.75) is 33.7 Å². The van der Waals surface area contributed by atoms with Gasteiger partial charge in [-0.1, -0.05) is 0 Å². The summed E-state index contributed by atoms with van der Waals surface area (Å²) in [7, 11) is 0. The summed E-state index contributed by atoms with van der Waals surface area (Å²) < 4.78 is 2.16. The molecule has 2 heterocycles. The molecule has 0 bridgehead atoms. The zero-order valence-corrected chi connectivity index (χ0v) is 11.1. The molecule has 1 N–H and O–H groups in total. The van der Waals surface area contributed by atoms with Gasteiger partial charge in [-0.15, -0.1) is 11.3 Å². The van der Waals surface area contributed by atoms with Crippen LogP contribution < -0.4 is 5.43 Å². The second-order valence-corrected chi connectivity index (χ2v) is 5.22. The number of rotatable bonds is 3. The minimum absolute atomic E-state index is 0.352. The van der Waals surface area contributed by atoms with Crippen molar-refractivity contribution in [1.29, 1.82) is 0 Å². The summed E-state index contributed by atoms with van der Waals surface area (Å²) in [5.74, 6) is 0. The fourth-order valence-corrected chi connectivity index (χ4v) is 2.88. The molecular formula is C13H18N2S. The molecule has 0 saturated carbocycles. The first-order chi connectivity index (χ1) is 7.59. The Morgan fingerprint density at radius 3 is 2.25 bits per heavy atom. The standard InChI is InChI=1S/C13H18N2S/c1-9-7-8-16-13(9)12(4)14-15-10(2)5-6-11(15)3/h5-8,12,14H,1-4H3. The summed E-state index contributed by atoms with van der Waals surface area (Å²) in [6.07, 6.45) is 0. The van der Waals surface area contributed by atoms with Crippen LogP contribution in [-0.4, -0.2) is 4.68 Å². The van der Waals surface area contributed by atoms with Gasteiger partial charge >= 0.3 is 0 Å². The quantitative estimate of drug-likeness (QED) is 0.855. The minimum Gasteiger partial charge on any atom is -0.318 e. The lowest BCUT2D eigenvalue weighted by Crippen LogP contribution is -2.20. The minimum atomic E-state index is 0.352. The van der Waals surface area contributed by atoms with E-state index in [1.54, 1.807) is 0 Å². The second kappa shape index (κ2) is 4.34. The topological polar surface area (TPSA) is 17.0 Å². The van der Waals surface area contributed by atoms with Crippen LogP contribution in [0.3, 0.4) is 0 Å². The van der Waals surface area contributed by atoms with Crippen molar-refractivity contribution < 1.29 is 0 Å². The average molecular weight is 234 g/mol. The smallest absolute Gasteiger partial charge is 0.0740 e. The summed E-state index contributed by atoms with van der Waals surface area (Å²) in [5.41, 5.74) is 7.39. The number of aromatic nitrogens is 1. The van der Waals surface area contributed by atoms with E-state index in [1.165, 1.54) is 21.8 Å². The lowest BCUT2D eigenvalue weighted by Gasteiger charge is -2.19. The third-order valence-electron chi connectivity index (χ3n) is 2.89. The van der Waals surface area contributed by atoms with Crippen molar-refractivity contribution in [3.63, 3.8) is 0 Å². The largest absolute Gasteiger partial charge is 0.318 e. The van der Waals surface area contributed by atoms with Crippen molar-refractivity contribution in [3.8, 4) is 0 Å². The van der Waals surface area contributed by atoms with Gasteiger partial charge in [0.05, 0.1) is 6.04 Å². The van der Waals surface area contributed by atoms with E-state index in [0.29, 0.717) is 6.04 Å². The van der Waals surface area contributed by atoms with Gasteiger partial charge in [-0.2, -0.15) is 0 Å². The molecule has 86 valence electrons. The van der Waals surface area contributed by atoms with Crippen molar-refractivity contribution >= 4 is 11.3 Å². The second-order valence-electron chi connectivity index (χ2n) is 4.27. The summed E-state index contributed by atoms with van der Waals surface area (Å²) >= 11 is 1.82. The van der Waals surface area contributed by atoms with Crippen molar-refractivity contribution in [3.05, 3.63) is 45.4 Å². The number of nitrogens with zero attached hydrogens (tertiary/aromatic N) is 1. The molecule has 0 amide bonds. The number of aryl methyl sites for hydroxylation is 3. The predicted molar refractivity (Wildman–Crippen MR) is 70.7 cm³/mol. The van der Waals surface area contributed by atoms with Gasteiger partial charge in [-0.05, 0) is 56.8 Å². The molecule has 0 aliphatic rings. The zero-order valence-electron chi connectivity index (χ0n) is 10.2. The fourth-order valence-electron chi connectivity index (χ4n) is 1.95. The van der Waals surface area contributed by atoms with Gasteiger partial charge in [0.25, 0.3) is 0 Å². The van der Waals surface area contributed by atoms with Gasteiger partial charge in [0.1, 0.15) is 0 Å². The lowest BCUT2D eigenvalue weighted by molar-refractivity contribution is 0.705. The van der Waals surface area contributed by atoms with E-state index in [4.69, 9.17) is 0 Å². The zero-order chi connectivity index (χ0) is 11.7. The van der Waals surface area contributed by atoms with Crippen LogP contribution in [0.2, 0.25) is 0 Å². The third kappa shape index (κ3) is 2.00. The SMILES string of the molecule is Cc1ccsc1C(C)Nn1c(C)ccc1C. The van der Waals surface area contributed by atoms with Crippen molar-refractivity contribution in [2.24, 2.45) is 0 Å². The van der Waals surface area contributed by atoms with E-state index in [-0.39, 0.29) is 0 Å². The van der Waals surface area contributed by atoms with Gasteiger partial charge < -0.3 is 5.43 Å². The number of hydrogen-bond donors (Lipinski definition) is 1. The Balaban J connectivity index is 2.20. The van der Waals surface area contributed by atoms with E-state index < -0.39 is 0 Å². The maximum absolute atomic E-state index is 3.53. The third-order valence-corrected chi connectivity index (χ3v) is 4.09. The van der Waals surface area contributed by atoms with Crippen molar-refractivity contribution in [1.82, 2.24) is 4.68 Å². The van der Waals surface area contributed by atoms with Gasteiger partial charge in [-0.3, -0.25) is 4.68 Å². The van der Waals surface area contributed by atoms with E-state index >= 15 is 0 Å². The maximum atomic E-state index is 3.53. The monoisotopic (exact) mass is 234 g/mol. The first-order valence-corrected chi connectivity index (χ1v) is 6.43. The highest BCUT2D eigenvalue weighted by Crippen LogP contribution is 2.24. The first-order valence-electron chi connectivity index (χ1n) is 5.55. The van der Waals surface area contributed by atoms with E-state index in [1.807, 2.05) is 11.3 Å². The van der Waals surface area contributed by atoms with Gasteiger partial charge in [0.2, 0.25) is 0 Å². The molecule has 0 aliphatic heterocycles. The van der Waals surface area contributed by atoms with E-state index in [2.05, 4.69) is 61.4 Å². The number of thiophene rings is 1. The summed E-state index contributed by atoms with van der Waals surface area (Å²) in [6, 6.07) is 6.80. The molecule has 0 aliphatic carbocycles. The molecule has 0 radical (unpaired) electrons. The molecule has 0 spiro atoms. The van der Waals surface area contributed by atoms with Crippen LogP contribution in [-0.2, 0) is 0 Å². The molecule has 1 unspecified atom stereocenters. The lowest BCUT2D eigenvalue weighted by atomic mass is 10.2. The Kier molecular flexibility index (Phi) is 3.06. The highest BCUT2D eigenvalue weighted by molar-refractivity contribution is 7.10. The van der Waals surface area contributed by atoms with Crippen LogP contribution in [0.25, 0.3) is 0 Å². The average Bonchev–Trinajstić information content (AvgIpc) is 2.79. The fraction of sp³-hybridized carbons (Fsp3) is 0.385. The molecular weight excluding hydrogens is 216 g/mol. The van der Waals surface area contributed by atoms with Gasteiger partial charge in [-0.25, -0.2) is 0 Å². The summed E-state index contributed by atoms with van der Waals surface area (Å²) in [6.45, 7) is 8.61. The molecule has 1 atom stereocenters. The first kappa shape index (κ1) is 11.3.